The Hall–Kier alpha value is -2.29. The van der Waals surface area contributed by atoms with Gasteiger partial charge in [0.2, 0.25) is 5.43 Å². The van der Waals surface area contributed by atoms with Crippen LogP contribution in [0.1, 0.15) is 32.7 Å². The lowest BCUT2D eigenvalue weighted by atomic mass is 10.1. The van der Waals surface area contributed by atoms with E-state index in [9.17, 15) is 14.4 Å². The van der Waals surface area contributed by atoms with E-state index in [2.05, 4.69) is 10.6 Å². The van der Waals surface area contributed by atoms with Gasteiger partial charge in [0, 0.05) is 44.2 Å². The lowest BCUT2D eigenvalue weighted by Crippen LogP contribution is -2.36. The number of ether oxygens (including phenoxy) is 1. The van der Waals surface area contributed by atoms with Gasteiger partial charge in [-0.25, -0.2) is 0 Å². The van der Waals surface area contributed by atoms with Gasteiger partial charge in [0.15, 0.2) is 0 Å². The van der Waals surface area contributed by atoms with Crippen molar-refractivity contribution in [1.82, 2.24) is 15.2 Å². The Balaban J connectivity index is 2.14. The molecule has 168 valence electrons. The molecular formula is C22H28ClN3O4S. The van der Waals surface area contributed by atoms with E-state index in [1.807, 2.05) is 24.5 Å². The van der Waals surface area contributed by atoms with Gasteiger partial charge in [-0.2, -0.15) is 11.8 Å². The standard InChI is InChI=1S/C22H28ClN3O4S/c1-30-11-10-26-14-18(21(28)24-8-4-12-31-2)20(27)19(15-26)22(29)25-9-7-16-5-3-6-17(23)13-16/h3,5-6,13-15H,4,7-12H2,1-2H3,(H,24,28)(H,25,29). The maximum Gasteiger partial charge on any atom is 0.256 e. The van der Waals surface area contributed by atoms with Crippen molar-refractivity contribution in [2.75, 3.05) is 38.8 Å². The Morgan fingerprint density at radius 2 is 1.81 bits per heavy atom. The van der Waals surface area contributed by atoms with Crippen LogP contribution in [0.15, 0.2) is 41.5 Å². The molecule has 0 aliphatic heterocycles. The first-order valence-electron chi connectivity index (χ1n) is 9.99. The van der Waals surface area contributed by atoms with Crippen LogP contribution in [0.4, 0.5) is 0 Å². The summed E-state index contributed by atoms with van der Waals surface area (Å²) < 4.78 is 6.71. The molecule has 0 saturated heterocycles. The molecule has 9 heteroatoms. The van der Waals surface area contributed by atoms with Crippen molar-refractivity contribution in [3.63, 3.8) is 0 Å². The fraction of sp³-hybridized carbons (Fsp3) is 0.409. The summed E-state index contributed by atoms with van der Waals surface area (Å²) in [6.07, 6.45) is 6.29. The number of halogens is 1. The third kappa shape index (κ3) is 8.05. The van der Waals surface area contributed by atoms with Gasteiger partial charge >= 0.3 is 0 Å². The van der Waals surface area contributed by atoms with Crippen LogP contribution < -0.4 is 16.1 Å². The Morgan fingerprint density at radius 1 is 1.13 bits per heavy atom. The molecule has 1 heterocycles. The molecule has 0 saturated carbocycles. The number of pyridine rings is 1. The van der Waals surface area contributed by atoms with Crippen molar-refractivity contribution in [2.24, 2.45) is 0 Å². The Kier molecular flexibility index (Phi) is 10.6. The van der Waals surface area contributed by atoms with Crippen LogP contribution in [0.25, 0.3) is 0 Å². The van der Waals surface area contributed by atoms with E-state index < -0.39 is 17.2 Å². The fourth-order valence-corrected chi connectivity index (χ4v) is 3.55. The molecule has 0 bridgehead atoms. The normalized spacial score (nSPS) is 10.7. The number of nitrogens with one attached hydrogen (secondary N) is 2. The second-order valence-corrected chi connectivity index (χ2v) is 8.31. The molecule has 2 aromatic rings. The zero-order valence-electron chi connectivity index (χ0n) is 17.8. The number of carbonyl (C=O) groups excluding carboxylic acids is 2. The number of hydrogen-bond donors (Lipinski definition) is 2. The highest BCUT2D eigenvalue weighted by molar-refractivity contribution is 7.98. The average molecular weight is 466 g/mol. The van der Waals surface area contributed by atoms with E-state index in [1.54, 1.807) is 29.5 Å². The minimum absolute atomic E-state index is 0.0530. The average Bonchev–Trinajstić information content (AvgIpc) is 2.75. The van der Waals surface area contributed by atoms with Gasteiger partial charge in [-0.1, -0.05) is 23.7 Å². The number of amides is 2. The maximum absolute atomic E-state index is 12.9. The topological polar surface area (TPSA) is 89.4 Å². The molecule has 0 unspecified atom stereocenters. The SMILES string of the molecule is COCCn1cc(C(=O)NCCCSC)c(=O)c(C(=O)NCCc2cccc(Cl)c2)c1. The molecular weight excluding hydrogens is 438 g/mol. The summed E-state index contributed by atoms with van der Waals surface area (Å²) in [5.74, 6) is -0.0889. The predicted molar refractivity (Wildman–Crippen MR) is 125 cm³/mol. The summed E-state index contributed by atoms with van der Waals surface area (Å²) in [4.78, 5) is 38.1. The zero-order valence-corrected chi connectivity index (χ0v) is 19.4. The minimum Gasteiger partial charge on any atom is -0.383 e. The van der Waals surface area contributed by atoms with Crippen molar-refractivity contribution in [1.29, 1.82) is 0 Å². The number of methoxy groups -OCH3 is 1. The maximum atomic E-state index is 12.9. The number of nitrogens with zero attached hydrogens (tertiary/aromatic N) is 1. The van der Waals surface area contributed by atoms with Gasteiger partial charge in [-0.15, -0.1) is 0 Å². The number of thioether (sulfide) groups is 1. The summed E-state index contributed by atoms with van der Waals surface area (Å²) >= 11 is 7.67. The van der Waals surface area contributed by atoms with Gasteiger partial charge < -0.3 is 19.9 Å². The summed E-state index contributed by atoms with van der Waals surface area (Å²) in [6, 6.07) is 7.37. The second-order valence-electron chi connectivity index (χ2n) is 6.88. The van der Waals surface area contributed by atoms with Crippen molar-refractivity contribution >= 4 is 35.2 Å². The van der Waals surface area contributed by atoms with E-state index in [1.165, 1.54) is 12.4 Å². The molecule has 0 fully saturated rings. The number of aromatic nitrogens is 1. The Morgan fingerprint density at radius 3 is 2.42 bits per heavy atom. The largest absolute Gasteiger partial charge is 0.383 e. The van der Waals surface area contributed by atoms with Crippen molar-refractivity contribution in [3.05, 3.63) is 68.6 Å². The van der Waals surface area contributed by atoms with E-state index >= 15 is 0 Å². The van der Waals surface area contributed by atoms with Gasteiger partial charge in [0.1, 0.15) is 11.1 Å². The molecule has 31 heavy (non-hydrogen) atoms. The number of hydrogen-bond acceptors (Lipinski definition) is 5. The molecule has 0 spiro atoms. The van der Waals surface area contributed by atoms with Crippen LogP contribution in [0.3, 0.4) is 0 Å². The quantitative estimate of drug-likeness (QED) is 0.470. The van der Waals surface area contributed by atoms with Crippen LogP contribution >= 0.6 is 23.4 Å². The molecule has 0 aliphatic rings. The molecule has 0 aliphatic carbocycles. The van der Waals surface area contributed by atoms with Crippen LogP contribution in [-0.4, -0.2) is 55.2 Å². The smallest absolute Gasteiger partial charge is 0.256 e. The van der Waals surface area contributed by atoms with Gasteiger partial charge in [-0.3, -0.25) is 14.4 Å². The lowest BCUT2D eigenvalue weighted by Gasteiger charge is -2.12. The first kappa shape index (κ1) is 25.0. The summed E-state index contributed by atoms with van der Waals surface area (Å²) in [5.41, 5.74) is 0.265. The molecule has 1 aromatic carbocycles. The summed E-state index contributed by atoms with van der Waals surface area (Å²) in [5, 5.41) is 6.13. The summed E-state index contributed by atoms with van der Waals surface area (Å²) in [6.45, 7) is 1.59. The molecule has 2 rings (SSSR count). The second kappa shape index (κ2) is 13.2. The Bertz CT molecular complexity index is 949. The number of benzene rings is 1. The van der Waals surface area contributed by atoms with E-state index in [4.69, 9.17) is 16.3 Å². The third-order valence-electron chi connectivity index (χ3n) is 4.52. The van der Waals surface area contributed by atoms with Gasteiger partial charge in [0.25, 0.3) is 11.8 Å². The first-order chi connectivity index (χ1) is 15.0. The molecule has 2 N–H and O–H groups in total. The van der Waals surface area contributed by atoms with Gasteiger partial charge in [-0.05, 0) is 42.5 Å². The number of carbonyl (C=O) groups is 2. The van der Waals surface area contributed by atoms with E-state index in [-0.39, 0.29) is 11.1 Å². The fourth-order valence-electron chi connectivity index (χ4n) is 2.90. The molecule has 0 radical (unpaired) electrons. The summed E-state index contributed by atoms with van der Waals surface area (Å²) in [7, 11) is 1.56. The highest BCUT2D eigenvalue weighted by atomic mass is 35.5. The first-order valence-corrected chi connectivity index (χ1v) is 11.8. The van der Waals surface area contributed by atoms with Crippen LogP contribution in [-0.2, 0) is 17.7 Å². The van der Waals surface area contributed by atoms with E-state index in [0.29, 0.717) is 37.7 Å². The third-order valence-corrected chi connectivity index (χ3v) is 5.45. The highest BCUT2D eigenvalue weighted by Gasteiger charge is 2.19. The minimum atomic E-state index is -0.587. The highest BCUT2D eigenvalue weighted by Crippen LogP contribution is 2.10. The lowest BCUT2D eigenvalue weighted by molar-refractivity contribution is 0.0950. The Labute approximate surface area is 191 Å². The molecule has 2 amide bonds. The van der Waals surface area contributed by atoms with Crippen molar-refractivity contribution in [3.8, 4) is 0 Å². The van der Waals surface area contributed by atoms with Crippen LogP contribution in [0.5, 0.6) is 0 Å². The van der Waals surface area contributed by atoms with Crippen LogP contribution in [0, 0.1) is 0 Å². The monoisotopic (exact) mass is 465 g/mol. The molecule has 0 atom stereocenters. The molecule has 7 nitrogen and oxygen atoms in total. The number of rotatable bonds is 12. The zero-order chi connectivity index (χ0) is 22.6. The van der Waals surface area contributed by atoms with Crippen LogP contribution in [0.2, 0.25) is 5.02 Å². The van der Waals surface area contributed by atoms with E-state index in [0.717, 1.165) is 17.7 Å². The van der Waals surface area contributed by atoms with Gasteiger partial charge in [0.05, 0.1) is 6.61 Å². The van der Waals surface area contributed by atoms with Crippen molar-refractivity contribution in [2.45, 2.75) is 19.4 Å². The van der Waals surface area contributed by atoms with Crippen molar-refractivity contribution < 1.29 is 14.3 Å². The molecule has 1 aromatic heterocycles. The predicted octanol–water partition coefficient (Wildman–Crippen LogP) is 2.60.